The number of piperidine rings is 3. The van der Waals surface area contributed by atoms with Gasteiger partial charge in [-0.05, 0) is 263 Å². The first-order chi connectivity index (χ1) is 59.5. The Morgan fingerprint density at radius 3 is 0.904 bits per heavy atom. The largest absolute Gasteiger partial charge is 0.506 e. The number of anilines is 3. The SMILES string of the molecule is C.CC(F)(F)c1cccc(NC(=O)CCC(=O)C2[C@H]3CN(C4CCC(c5cc(Br)c(O)c(Br)c5)CC4)C[C@@H]23)c1.CC(F)(F)c1cccc(NC(=O)CCC(=O)C2[C@H]3CN(C4CCC(c5ccc(OCc6ccccc6)cc5)CC4)C[C@@H]23)c1.CC(F)(F)c1cccc(NC(=O)CCC(=O)C2[C@H]3CN(C4CCC(c5ccc(OCc6ccccc6)cc5)CC4)C[C@@H]23)c1. The second-order valence-electron chi connectivity index (χ2n) is 36.4. The van der Waals surface area contributed by atoms with E-state index in [-0.39, 0.29) is 121 Å². The van der Waals surface area contributed by atoms with Crippen molar-refractivity contribution in [3.05, 3.63) is 248 Å². The van der Waals surface area contributed by atoms with Crippen LogP contribution < -0.4 is 25.4 Å². The molecule has 9 atom stereocenters. The first kappa shape index (κ1) is 92.2. The van der Waals surface area contributed by atoms with Crippen molar-refractivity contribution < 1.29 is 69.7 Å². The number of likely N-dealkylation sites (tertiary alicyclic amines) is 3. The number of carbonyl (C=O) groups is 6. The zero-order valence-electron chi connectivity index (χ0n) is 70.6. The number of phenolic OH excluding ortho intramolecular Hbond substituents is 1. The molecule has 3 unspecified atom stereocenters. The Morgan fingerprint density at radius 2 is 0.632 bits per heavy atom. The van der Waals surface area contributed by atoms with Gasteiger partial charge < -0.3 is 30.5 Å². The molecule has 3 aliphatic heterocycles. The van der Waals surface area contributed by atoms with Gasteiger partial charge in [0.05, 0.1) is 8.95 Å². The number of amides is 3. The van der Waals surface area contributed by atoms with Gasteiger partial charge in [-0.15, -0.1) is 0 Å². The fourth-order valence-electron chi connectivity index (χ4n) is 20.8. The predicted molar refractivity (Wildman–Crippen MR) is 482 cm³/mol. The topological polar surface area (TPSA) is 187 Å². The number of alkyl halides is 6. The highest BCUT2D eigenvalue weighted by atomic mass is 79.9. The predicted octanol–water partition coefficient (Wildman–Crippen LogP) is 23.0. The van der Waals surface area contributed by atoms with Crippen LogP contribution in [-0.4, -0.2) is 112 Å². The van der Waals surface area contributed by atoms with Crippen LogP contribution in [0.5, 0.6) is 17.2 Å². The van der Waals surface area contributed by atoms with Crippen LogP contribution >= 0.6 is 31.9 Å². The van der Waals surface area contributed by atoms with E-state index in [4.69, 9.17) is 9.47 Å². The minimum atomic E-state index is -2.98. The summed E-state index contributed by atoms with van der Waals surface area (Å²) >= 11 is 6.88. The first-order valence-corrected chi connectivity index (χ1v) is 45.9. The lowest BCUT2D eigenvalue weighted by molar-refractivity contribution is -0.124. The van der Waals surface area contributed by atoms with Gasteiger partial charge in [-0.2, -0.15) is 0 Å². The Balaban J connectivity index is 0.000000152. The van der Waals surface area contributed by atoms with E-state index < -0.39 is 17.8 Å². The summed E-state index contributed by atoms with van der Waals surface area (Å²) in [5.41, 5.74) is 6.87. The fourth-order valence-corrected chi connectivity index (χ4v) is 22.0. The summed E-state index contributed by atoms with van der Waals surface area (Å²) in [4.78, 5) is 83.4. The second-order valence-corrected chi connectivity index (χ2v) is 38.1. The molecule has 15 nitrogen and oxygen atoms in total. The van der Waals surface area contributed by atoms with E-state index in [9.17, 15) is 60.2 Å². The average Bonchev–Trinajstić information content (AvgIpc) is 1.58. The summed E-state index contributed by atoms with van der Waals surface area (Å²) in [6.07, 6.45) is 14.7. The highest BCUT2D eigenvalue weighted by Crippen LogP contribution is 2.57. The van der Waals surface area contributed by atoms with Gasteiger partial charge in [-0.3, -0.25) is 43.5 Å². The smallest absolute Gasteiger partial charge is 0.270 e. The van der Waals surface area contributed by atoms with E-state index in [0.29, 0.717) is 111 Å². The number of ketones is 3. The molecule has 9 aliphatic rings. The zero-order valence-corrected chi connectivity index (χ0v) is 73.8. The van der Waals surface area contributed by atoms with Gasteiger partial charge in [0.15, 0.2) is 0 Å². The fraction of sp³-hybridized carbons (Fsp3) is 0.471. The third-order valence-corrected chi connectivity index (χ3v) is 29.1. The molecule has 0 bridgehead atoms. The first-order valence-electron chi connectivity index (χ1n) is 44.4. The molecule has 664 valence electrons. The maximum absolute atomic E-state index is 13.6. The van der Waals surface area contributed by atoms with Crippen LogP contribution in [0.1, 0.15) is 206 Å². The van der Waals surface area contributed by atoms with Crippen molar-refractivity contribution >= 4 is 84.0 Å². The molecule has 0 spiro atoms. The van der Waals surface area contributed by atoms with Crippen LogP contribution in [0.4, 0.5) is 43.4 Å². The van der Waals surface area contributed by atoms with Crippen LogP contribution in [0.25, 0.3) is 0 Å². The molecule has 8 aromatic carbocycles. The van der Waals surface area contributed by atoms with Gasteiger partial charge >= 0.3 is 0 Å². The van der Waals surface area contributed by atoms with E-state index in [1.165, 1.54) is 123 Å². The Labute approximate surface area is 747 Å². The number of aromatic hydroxyl groups is 1. The third kappa shape index (κ3) is 23.9. The van der Waals surface area contributed by atoms with Crippen molar-refractivity contribution in [1.29, 1.82) is 0 Å². The van der Waals surface area contributed by atoms with Crippen LogP contribution in [0, 0.1) is 53.3 Å². The number of hydrogen-bond acceptors (Lipinski definition) is 12. The number of phenols is 1. The molecular formula is C102H116Br2F6N6O9. The number of ether oxygens (including phenoxy) is 2. The molecule has 3 amide bonds. The van der Waals surface area contributed by atoms with E-state index >= 15 is 0 Å². The monoisotopic (exact) mass is 1840 g/mol. The number of nitrogens with zero attached hydrogens (tertiary/aromatic N) is 3. The minimum absolute atomic E-state index is 0. The molecule has 3 heterocycles. The number of fused-ring (bicyclic) bond motifs is 3. The molecule has 0 radical (unpaired) electrons. The molecule has 0 aromatic heterocycles. The highest BCUT2D eigenvalue weighted by molar-refractivity contribution is 9.11. The Bertz CT molecular complexity index is 4770. The van der Waals surface area contributed by atoms with Crippen molar-refractivity contribution in [2.75, 3.05) is 55.2 Å². The molecular weight excluding hydrogens is 1730 g/mol. The normalized spacial score (nSPS) is 25.5. The van der Waals surface area contributed by atoms with E-state index in [1.807, 2.05) is 48.5 Å². The lowest BCUT2D eigenvalue weighted by Crippen LogP contribution is -2.38. The maximum Gasteiger partial charge on any atom is 0.270 e. The number of Topliss-reactive ketones (excluding diaryl/α,β-unsaturated/α-hetero) is 3. The number of benzene rings is 8. The van der Waals surface area contributed by atoms with Crippen LogP contribution in [0.2, 0.25) is 0 Å². The Morgan fingerprint density at radius 1 is 0.360 bits per heavy atom. The van der Waals surface area contributed by atoms with Crippen LogP contribution in [0.15, 0.2) is 203 Å². The highest BCUT2D eigenvalue weighted by Gasteiger charge is 2.62. The number of halogens is 8. The summed E-state index contributed by atoms with van der Waals surface area (Å²) in [5, 5.41) is 18.0. The lowest BCUT2D eigenvalue weighted by atomic mass is 9.81. The van der Waals surface area contributed by atoms with E-state index in [0.717, 1.165) is 108 Å². The van der Waals surface area contributed by atoms with Crippen molar-refractivity contribution in [3.8, 4) is 17.2 Å². The molecule has 8 aromatic rings. The molecule has 6 saturated carbocycles. The molecule has 4 N–H and O–H groups in total. The maximum atomic E-state index is 13.6. The van der Waals surface area contributed by atoms with Gasteiger partial charge in [-0.25, -0.2) is 26.3 Å². The van der Waals surface area contributed by atoms with Gasteiger partial charge in [0, 0.05) is 168 Å². The summed E-state index contributed by atoms with van der Waals surface area (Å²) in [6, 6.07) is 60.4. The molecule has 23 heteroatoms. The average molecular weight is 1840 g/mol. The van der Waals surface area contributed by atoms with Gasteiger partial charge in [-0.1, -0.05) is 129 Å². The molecule has 3 saturated heterocycles. The molecule has 17 rings (SSSR count). The number of rotatable bonds is 30. The zero-order chi connectivity index (χ0) is 87.1. The standard InChI is InChI=1S/2C36H40F2N2O3.C29H32Br2F2N2O3.CH4/c2*1-36(37,38)27-8-5-9-28(20-27)39-34(42)19-18-33(41)35-31-21-40(22-32(31)35)29-14-10-25(11-15-29)26-12-16-30(17-13-26)43-23-24-6-3-2-4-7-24;1-29(32,33)18-3-2-4-19(13-18)34-26(37)10-9-25(36)27-21-14-35(15-22(21)27)20-7-5-16(6-8-20)17-11-23(30)28(38)24(31)12-17;/h2*2-9,12-13,16-17,20,25,29,31-32,35H,10-11,14-15,18-19,21-23H2,1H3,(H,39,42);2-4,11-13,16,20-22,27,38H,5-10,14-15H2,1H3,(H,34,37);1H4/t2*25?,29?,31-,32+,35?;16?,20?,21-,22+,27?;. The third-order valence-electron chi connectivity index (χ3n) is 27.9. The summed E-state index contributed by atoms with van der Waals surface area (Å²) in [5.74, 6) is -3.05. The van der Waals surface area contributed by atoms with Crippen molar-refractivity contribution in [2.45, 2.75) is 211 Å². The summed E-state index contributed by atoms with van der Waals surface area (Å²) in [6.45, 7) is 9.46. The number of nitrogens with one attached hydrogen (secondary N) is 3. The van der Waals surface area contributed by atoms with Gasteiger partial charge in [0.25, 0.3) is 17.8 Å². The van der Waals surface area contributed by atoms with Crippen LogP contribution in [0.3, 0.4) is 0 Å². The lowest BCUT2D eigenvalue weighted by Gasteiger charge is -2.36. The van der Waals surface area contributed by atoms with Gasteiger partial charge in [0.1, 0.15) is 47.8 Å². The summed E-state index contributed by atoms with van der Waals surface area (Å²) < 4.78 is 94.7. The number of carbonyl (C=O) groups excluding carboxylic acids is 6. The van der Waals surface area contributed by atoms with Gasteiger partial charge in [0.2, 0.25) is 17.7 Å². The summed E-state index contributed by atoms with van der Waals surface area (Å²) in [7, 11) is 0. The Kier molecular flexibility index (Phi) is 29.9. The molecule has 125 heavy (non-hydrogen) atoms. The van der Waals surface area contributed by atoms with Crippen molar-refractivity contribution in [1.82, 2.24) is 14.7 Å². The minimum Gasteiger partial charge on any atom is -0.506 e. The molecule has 6 aliphatic carbocycles. The van der Waals surface area contributed by atoms with E-state index in [1.54, 1.807) is 18.2 Å². The van der Waals surface area contributed by atoms with E-state index in [2.05, 4.69) is 135 Å². The van der Waals surface area contributed by atoms with Crippen molar-refractivity contribution in [2.24, 2.45) is 53.3 Å². The van der Waals surface area contributed by atoms with Crippen LogP contribution in [-0.2, 0) is 59.7 Å². The van der Waals surface area contributed by atoms with Crippen molar-refractivity contribution in [3.63, 3.8) is 0 Å². The second kappa shape index (κ2) is 40.5. The molecule has 9 fully saturated rings. The number of hydrogen-bond donors (Lipinski definition) is 4. The quantitative estimate of drug-likeness (QED) is 0.0313. The Hall–Kier alpha value is -9.00.